The monoisotopic (exact) mass is 667 g/mol. The van der Waals surface area contributed by atoms with Crippen LogP contribution in [0.3, 0.4) is 0 Å². The molecule has 44 heavy (non-hydrogen) atoms. The number of fused-ring (bicyclic) bond motifs is 1. The summed E-state index contributed by atoms with van der Waals surface area (Å²) in [4.78, 5) is 46.1. The number of primary amides is 1. The summed E-state index contributed by atoms with van der Waals surface area (Å²) >= 11 is 0. The number of nitrogens with zero attached hydrogens (tertiary/aromatic N) is 4. The molecule has 2 saturated heterocycles. The van der Waals surface area contributed by atoms with Gasteiger partial charge in [-0.2, -0.15) is 0 Å². The number of phosphoric acid groups is 2. The summed E-state index contributed by atoms with van der Waals surface area (Å²) in [5, 5.41) is 41.7. The highest BCUT2D eigenvalue weighted by Crippen LogP contribution is 2.58. The average molecular weight is 667 g/mol. The predicted molar refractivity (Wildman–Crippen MR) is 139 cm³/mol. The van der Waals surface area contributed by atoms with Crippen molar-refractivity contribution >= 4 is 38.5 Å². The van der Waals surface area contributed by atoms with Gasteiger partial charge >= 0.3 is 7.82 Å². The first-order valence-electron chi connectivity index (χ1n) is 13.1. The van der Waals surface area contributed by atoms with Gasteiger partial charge in [0.05, 0.1) is 31.7 Å². The number of carbonyl (C=O) groups excluding carboxylic acids is 1. The molecule has 2 fully saturated rings. The number of phosphoric ester groups is 2. The highest BCUT2D eigenvalue weighted by atomic mass is 31.3. The van der Waals surface area contributed by atoms with Gasteiger partial charge in [-0.05, 0) is 6.42 Å². The molecule has 5 rings (SSSR count). The van der Waals surface area contributed by atoms with E-state index < -0.39 is 83.8 Å². The van der Waals surface area contributed by atoms with Gasteiger partial charge in [-0.3, -0.25) is 23.4 Å². The summed E-state index contributed by atoms with van der Waals surface area (Å²) < 4.78 is 50.5. The lowest BCUT2D eigenvalue weighted by atomic mass is 10.1. The number of hydrogen-bond donors (Lipinski definition) is 8. The van der Waals surface area contributed by atoms with Gasteiger partial charge in [0.25, 0.3) is 7.82 Å². The van der Waals surface area contributed by atoms with Crippen LogP contribution in [0.2, 0.25) is 0 Å². The summed E-state index contributed by atoms with van der Waals surface area (Å²) in [6.45, 7) is -1.41. The number of imidazole rings is 1. The van der Waals surface area contributed by atoms with E-state index in [1.165, 1.54) is 17.1 Å². The van der Waals surface area contributed by atoms with Gasteiger partial charge in [-0.1, -0.05) is 0 Å². The van der Waals surface area contributed by atoms with Crippen LogP contribution in [-0.2, 0) is 36.8 Å². The molecule has 21 nitrogen and oxygen atoms in total. The third-order valence-corrected chi connectivity index (χ3v) is 9.88. The quantitative estimate of drug-likeness (QED) is 0.104. The standard InChI is InChI=1S/C21H31N7O14P2/c22-17-12-19(25-7-24-17)28(8-26-12)21-16(32)14(30)11(41-21)6-39-44(36,37)42-43(34,35)38-5-10-13(29)15(31)20(40-10)27-3-1-2-9(4-27)18(23)33/h4,7-8,10-11,13-16,20-21,29-32H,1-3,5-6H2,(H2,23,33)(H,34,35)(H,36,37)(H2,22,24,25)/t10-,11-,13-,14-,15-,16-,20-,21-/m1/s1. The Morgan fingerprint density at radius 2 is 1.75 bits per heavy atom. The number of ether oxygens (including phenoxy) is 2. The van der Waals surface area contributed by atoms with Crippen molar-refractivity contribution in [2.75, 3.05) is 25.5 Å². The molecule has 0 aliphatic carbocycles. The number of amides is 1. The first-order chi connectivity index (χ1) is 20.7. The van der Waals surface area contributed by atoms with Crippen molar-refractivity contribution in [1.82, 2.24) is 19.5 Å². The smallest absolute Gasteiger partial charge is 0.478 e. The summed E-state index contributed by atoms with van der Waals surface area (Å²) in [5.74, 6) is -0.596. The molecule has 0 bridgehead atoms. The van der Waals surface area contributed by atoms with E-state index in [1.54, 1.807) is 0 Å². The Balaban J connectivity index is 1.14. The number of anilines is 1. The molecule has 244 valence electrons. The molecule has 0 aromatic carbocycles. The SMILES string of the molecule is NC(=O)C1=C[NH+]([C@@H]2O[C@H](COP(=O)([O-])OP(=O)(O)OC[C@H]3O[C@@H](n4cnc5c(N)ncnc54)[C@H](O)[C@@H]3O)[C@@H](O)[C@H]2O)CCC1. The van der Waals surface area contributed by atoms with Gasteiger partial charge in [0.2, 0.25) is 12.1 Å². The van der Waals surface area contributed by atoms with E-state index in [0.717, 1.165) is 6.33 Å². The maximum atomic E-state index is 12.4. The lowest BCUT2D eigenvalue weighted by Gasteiger charge is -2.28. The molecule has 3 aliphatic rings. The van der Waals surface area contributed by atoms with Crippen LogP contribution in [0.1, 0.15) is 19.1 Å². The second-order valence-corrected chi connectivity index (χ2v) is 13.3. The Bertz CT molecular complexity index is 1510. The van der Waals surface area contributed by atoms with Crippen molar-refractivity contribution in [2.45, 2.75) is 61.9 Å². The second-order valence-electron chi connectivity index (χ2n) is 10.3. The van der Waals surface area contributed by atoms with Crippen LogP contribution in [0, 0.1) is 0 Å². The number of carbonyl (C=O) groups is 1. The number of aromatic nitrogens is 4. The Morgan fingerprint density at radius 1 is 1.07 bits per heavy atom. The van der Waals surface area contributed by atoms with Gasteiger partial charge in [-0.15, -0.1) is 0 Å². The highest BCUT2D eigenvalue weighted by Gasteiger charge is 2.49. The van der Waals surface area contributed by atoms with E-state index in [4.69, 9.17) is 20.9 Å². The molecule has 11 atom stereocenters. The van der Waals surface area contributed by atoms with E-state index in [1.807, 2.05) is 0 Å². The lowest BCUT2D eigenvalue weighted by Crippen LogP contribution is -3.13. The number of rotatable bonds is 11. The van der Waals surface area contributed by atoms with Crippen LogP contribution < -0.4 is 21.3 Å². The number of nitrogens with one attached hydrogen (secondary N) is 1. The Hall–Kier alpha value is -2.46. The number of aliphatic hydroxyl groups excluding tert-OH is 4. The normalized spacial score (nSPS) is 35.3. The largest absolute Gasteiger partial charge is 0.756 e. The average Bonchev–Trinajstić information content (AvgIpc) is 3.61. The molecule has 10 N–H and O–H groups in total. The van der Waals surface area contributed by atoms with Crippen molar-refractivity contribution in [3.63, 3.8) is 0 Å². The van der Waals surface area contributed by atoms with Crippen molar-refractivity contribution < 1.29 is 71.9 Å². The molecule has 2 aromatic rings. The number of nitrogen functional groups attached to an aromatic ring is 1. The van der Waals surface area contributed by atoms with Crippen LogP contribution in [0.25, 0.3) is 11.2 Å². The van der Waals surface area contributed by atoms with Crippen molar-refractivity contribution in [3.05, 3.63) is 24.4 Å². The topological polar surface area (TPSA) is 322 Å². The van der Waals surface area contributed by atoms with Crippen molar-refractivity contribution in [3.8, 4) is 0 Å². The van der Waals surface area contributed by atoms with Crippen LogP contribution in [0.15, 0.2) is 24.4 Å². The summed E-state index contributed by atoms with van der Waals surface area (Å²) in [5.41, 5.74) is 11.7. The molecule has 5 heterocycles. The van der Waals surface area contributed by atoms with E-state index in [0.29, 0.717) is 29.9 Å². The van der Waals surface area contributed by atoms with Gasteiger partial charge in [-0.25, -0.2) is 23.8 Å². The first-order valence-corrected chi connectivity index (χ1v) is 16.1. The fourth-order valence-electron chi connectivity index (χ4n) is 5.12. The molecule has 2 aromatic heterocycles. The number of hydrogen-bond acceptors (Lipinski definition) is 17. The molecule has 1 amide bonds. The minimum atomic E-state index is -5.59. The maximum Gasteiger partial charge on any atom is 0.478 e. The summed E-state index contributed by atoms with van der Waals surface area (Å²) in [7, 11) is -11.0. The lowest BCUT2D eigenvalue weighted by molar-refractivity contribution is -0.904. The van der Waals surface area contributed by atoms with Crippen molar-refractivity contribution in [2.24, 2.45) is 5.73 Å². The van der Waals surface area contributed by atoms with Crippen LogP contribution in [-0.4, -0.2) is 113 Å². The second kappa shape index (κ2) is 12.7. The number of quaternary nitrogens is 1. The van der Waals surface area contributed by atoms with Crippen LogP contribution in [0.4, 0.5) is 5.82 Å². The molecule has 0 spiro atoms. The first kappa shape index (κ1) is 32.9. The molecular weight excluding hydrogens is 636 g/mol. The molecule has 0 radical (unpaired) electrons. The molecule has 0 saturated carbocycles. The molecule has 3 unspecified atom stereocenters. The zero-order chi connectivity index (χ0) is 32.0. The van der Waals surface area contributed by atoms with Crippen LogP contribution in [0.5, 0.6) is 0 Å². The van der Waals surface area contributed by atoms with E-state index >= 15 is 0 Å². The fraction of sp³-hybridized carbons (Fsp3) is 0.619. The highest BCUT2D eigenvalue weighted by molar-refractivity contribution is 7.60. The van der Waals surface area contributed by atoms with Gasteiger partial charge in [0, 0.05) is 6.42 Å². The van der Waals surface area contributed by atoms with Gasteiger partial charge in [0.1, 0.15) is 48.6 Å². The number of nitrogens with two attached hydrogens (primary N) is 2. The van der Waals surface area contributed by atoms with Crippen LogP contribution >= 0.6 is 15.6 Å². The molecule has 23 heteroatoms. The zero-order valence-corrected chi connectivity index (χ0v) is 24.4. The van der Waals surface area contributed by atoms with E-state index in [9.17, 15) is 44.1 Å². The minimum Gasteiger partial charge on any atom is -0.756 e. The van der Waals surface area contributed by atoms with Crippen molar-refractivity contribution in [1.29, 1.82) is 0 Å². The third kappa shape index (κ3) is 6.86. The fourth-order valence-corrected chi connectivity index (χ4v) is 7.17. The molecule has 3 aliphatic heterocycles. The molecular formula is C21H31N7O14P2. The summed E-state index contributed by atoms with van der Waals surface area (Å²) in [6, 6.07) is 0. The number of aliphatic hydroxyl groups is 4. The maximum absolute atomic E-state index is 12.4. The Morgan fingerprint density at radius 3 is 2.48 bits per heavy atom. The summed E-state index contributed by atoms with van der Waals surface area (Å²) in [6.07, 6.45) is -6.79. The van der Waals surface area contributed by atoms with Gasteiger partial charge in [0.15, 0.2) is 23.8 Å². The predicted octanol–water partition coefficient (Wildman–Crippen LogP) is -4.86. The van der Waals surface area contributed by atoms with Gasteiger partial charge < -0.3 is 55.7 Å². The Kier molecular flexibility index (Phi) is 9.53. The zero-order valence-electron chi connectivity index (χ0n) is 22.6. The van der Waals surface area contributed by atoms with E-state index in [-0.39, 0.29) is 17.0 Å². The van der Waals surface area contributed by atoms with E-state index in [2.05, 4.69) is 28.3 Å². The Labute approximate surface area is 247 Å². The minimum absolute atomic E-state index is 0.0494. The third-order valence-electron chi connectivity index (χ3n) is 7.32.